The summed E-state index contributed by atoms with van der Waals surface area (Å²) < 4.78 is 26.4. The molecule has 5 unspecified atom stereocenters. The number of allylic oxidation sites excluding steroid dienone is 1. The molecule has 10 heteroatoms. The van der Waals surface area contributed by atoms with E-state index < -0.39 is 55.4 Å². The number of hydrogen-bond donors (Lipinski definition) is 6. The van der Waals surface area contributed by atoms with Crippen molar-refractivity contribution in [1.82, 2.24) is 0 Å². The van der Waals surface area contributed by atoms with Crippen molar-refractivity contribution >= 4 is 10.0 Å². The molecule has 0 aromatic carbocycles. The van der Waals surface area contributed by atoms with Crippen LogP contribution in [0.4, 0.5) is 4.39 Å². The molecule has 0 spiro atoms. The molecule has 52 heavy (non-hydrogen) atoms. The zero-order chi connectivity index (χ0) is 38.0. The van der Waals surface area contributed by atoms with E-state index in [0.29, 0.717) is 12.8 Å². The number of hydrogen-bond acceptors (Lipinski definition) is 8. The van der Waals surface area contributed by atoms with E-state index in [9.17, 15) is 30.6 Å². The lowest BCUT2D eigenvalue weighted by Crippen LogP contribution is -2.59. The maximum absolute atomic E-state index is 15.2. The molecule has 2 aliphatic rings. The predicted octanol–water partition coefficient (Wildman–Crippen LogP) is 8.21. The molecule has 310 valence electrons. The standard InChI is InChI=1S/C42H81FO8S/c1-3-4-5-6-7-8-9-10-11-15-18-22-27-36(45)38(46)34(33-50-42-41(49)40(48)39(47)37(32-44)51-42)31-35(43)26-21-17-14-12-13-16-19-23-28-52(2)29-24-20-25-30-52/h31,34,36-42,44-49H,3-30,32-33H2,1-2H3/b35-31+/t34-,36+,37?,38-,39?,40?,41?,42?/m0/s1. The van der Waals surface area contributed by atoms with Crippen LogP contribution in [0.15, 0.2) is 11.9 Å². The number of aliphatic hydroxyl groups excluding tert-OH is 6. The van der Waals surface area contributed by atoms with Gasteiger partial charge in [-0.1, -0.05) is 129 Å². The van der Waals surface area contributed by atoms with Gasteiger partial charge in [0.05, 0.1) is 31.2 Å². The minimum absolute atomic E-state index is 0.236. The second-order valence-electron chi connectivity index (χ2n) is 16.3. The number of ether oxygens (including phenoxy) is 2. The third-order valence-electron chi connectivity index (χ3n) is 11.5. The summed E-state index contributed by atoms with van der Waals surface area (Å²) in [6, 6.07) is 0. The van der Waals surface area contributed by atoms with Crippen molar-refractivity contribution in [1.29, 1.82) is 0 Å². The maximum atomic E-state index is 15.2. The van der Waals surface area contributed by atoms with Crippen LogP contribution < -0.4 is 0 Å². The average Bonchev–Trinajstić information content (AvgIpc) is 3.14. The van der Waals surface area contributed by atoms with Crippen molar-refractivity contribution in [3.8, 4) is 0 Å². The van der Waals surface area contributed by atoms with Crippen LogP contribution in [-0.4, -0.2) is 110 Å². The molecule has 8 nitrogen and oxygen atoms in total. The summed E-state index contributed by atoms with van der Waals surface area (Å²) in [5.41, 5.74) is 0. The molecule has 2 saturated heterocycles. The van der Waals surface area contributed by atoms with E-state index in [1.165, 1.54) is 120 Å². The van der Waals surface area contributed by atoms with Crippen molar-refractivity contribution in [2.24, 2.45) is 5.92 Å². The zero-order valence-corrected chi connectivity index (χ0v) is 34.0. The van der Waals surface area contributed by atoms with E-state index in [4.69, 9.17) is 9.47 Å². The van der Waals surface area contributed by atoms with Crippen LogP contribution in [0.5, 0.6) is 0 Å². The normalized spacial score (nSPS) is 26.2. The Labute approximate surface area is 318 Å². The van der Waals surface area contributed by atoms with Gasteiger partial charge < -0.3 is 40.1 Å². The van der Waals surface area contributed by atoms with Gasteiger partial charge in [0.25, 0.3) is 0 Å². The lowest BCUT2D eigenvalue weighted by molar-refractivity contribution is -0.303. The molecule has 6 N–H and O–H groups in total. The highest BCUT2D eigenvalue weighted by molar-refractivity contribution is 8.33. The summed E-state index contributed by atoms with van der Waals surface area (Å²) in [7, 11) is -0.329. The van der Waals surface area contributed by atoms with Gasteiger partial charge in [-0.2, -0.15) is 0 Å². The molecular weight excluding hydrogens is 684 g/mol. The Bertz CT molecular complexity index is 888. The van der Waals surface area contributed by atoms with Crippen molar-refractivity contribution < 1.29 is 44.5 Å². The smallest absolute Gasteiger partial charge is 0.186 e. The largest absolute Gasteiger partial charge is 0.394 e. The van der Waals surface area contributed by atoms with Crippen LogP contribution in [0.25, 0.3) is 0 Å². The highest BCUT2D eigenvalue weighted by atomic mass is 32.3. The van der Waals surface area contributed by atoms with Gasteiger partial charge in [0.1, 0.15) is 24.4 Å². The van der Waals surface area contributed by atoms with Crippen molar-refractivity contribution in [3.05, 3.63) is 11.9 Å². The Morgan fingerprint density at radius 2 is 1.25 bits per heavy atom. The molecule has 0 radical (unpaired) electrons. The van der Waals surface area contributed by atoms with E-state index in [-0.39, 0.29) is 28.9 Å². The van der Waals surface area contributed by atoms with Gasteiger partial charge in [0.15, 0.2) is 6.29 Å². The minimum Gasteiger partial charge on any atom is -0.394 e. The Balaban J connectivity index is 1.75. The number of unbranched alkanes of at least 4 members (excludes halogenated alkanes) is 18. The molecule has 0 aromatic rings. The highest BCUT2D eigenvalue weighted by Gasteiger charge is 2.44. The maximum Gasteiger partial charge on any atom is 0.186 e. The Hall–Kier alpha value is -0.300. The first-order valence-electron chi connectivity index (χ1n) is 21.5. The minimum atomic E-state index is -1.60. The summed E-state index contributed by atoms with van der Waals surface area (Å²) in [5, 5.41) is 62.2. The summed E-state index contributed by atoms with van der Waals surface area (Å²) in [6.07, 6.45) is 22.5. The third-order valence-corrected chi connectivity index (χ3v) is 15.3. The average molecular weight is 765 g/mol. The van der Waals surface area contributed by atoms with Crippen molar-refractivity contribution in [3.63, 3.8) is 0 Å². The van der Waals surface area contributed by atoms with E-state index in [0.717, 1.165) is 44.9 Å². The Morgan fingerprint density at radius 3 is 1.81 bits per heavy atom. The van der Waals surface area contributed by atoms with Gasteiger partial charge in [-0.25, -0.2) is 14.4 Å². The predicted molar refractivity (Wildman–Crippen MR) is 214 cm³/mol. The van der Waals surface area contributed by atoms with Gasteiger partial charge in [-0.15, -0.1) is 0 Å². The SMILES string of the molecule is CCCCCCCCCCCCCC[C@@H](O)[C@@H](O)[C@@H](/C=C(/F)CCCCCCCCCCS1(C)CCCCC1)COC1OC(CO)C(O)C(O)C1O. The Kier molecular flexibility index (Phi) is 26.7. The molecule has 2 rings (SSSR count). The second-order valence-corrected chi connectivity index (χ2v) is 20.5. The number of rotatable bonds is 31. The molecule has 0 aliphatic carbocycles. The summed E-state index contributed by atoms with van der Waals surface area (Å²) >= 11 is 0. The fraction of sp³-hybridized carbons (Fsp3) is 0.952. The van der Waals surface area contributed by atoms with Gasteiger partial charge in [0.2, 0.25) is 0 Å². The van der Waals surface area contributed by atoms with Crippen LogP contribution in [0.2, 0.25) is 0 Å². The summed E-state index contributed by atoms with van der Waals surface area (Å²) in [6.45, 7) is 1.36. The first kappa shape index (κ1) is 47.9. The topological polar surface area (TPSA) is 140 Å². The molecule has 0 saturated carbocycles. The van der Waals surface area contributed by atoms with E-state index >= 15 is 4.39 Å². The van der Waals surface area contributed by atoms with Crippen LogP contribution >= 0.6 is 10.0 Å². The van der Waals surface area contributed by atoms with E-state index in [2.05, 4.69) is 13.2 Å². The van der Waals surface area contributed by atoms with Crippen LogP contribution in [0, 0.1) is 5.92 Å². The monoisotopic (exact) mass is 765 g/mol. The first-order chi connectivity index (χ1) is 25.1. The van der Waals surface area contributed by atoms with Crippen LogP contribution in [-0.2, 0) is 9.47 Å². The fourth-order valence-electron chi connectivity index (χ4n) is 7.81. The molecule has 0 amide bonds. The van der Waals surface area contributed by atoms with Gasteiger partial charge in [-0.3, -0.25) is 0 Å². The third kappa shape index (κ3) is 20.0. The molecule has 8 atom stereocenters. The molecule has 0 aromatic heterocycles. The zero-order valence-electron chi connectivity index (χ0n) is 33.2. The molecule has 2 heterocycles. The molecule has 2 aliphatic heterocycles. The van der Waals surface area contributed by atoms with Crippen molar-refractivity contribution in [2.45, 2.75) is 210 Å². The number of aliphatic hydroxyl groups is 6. The second kappa shape index (κ2) is 29.0. The van der Waals surface area contributed by atoms with Crippen LogP contribution in [0.3, 0.4) is 0 Å². The number of halogens is 1. The molecule has 0 bridgehead atoms. The summed E-state index contributed by atoms with van der Waals surface area (Å²) in [5.74, 6) is 3.10. The summed E-state index contributed by atoms with van der Waals surface area (Å²) in [4.78, 5) is 0. The van der Waals surface area contributed by atoms with Crippen molar-refractivity contribution in [2.75, 3.05) is 36.7 Å². The lowest BCUT2D eigenvalue weighted by Gasteiger charge is -2.40. The van der Waals surface area contributed by atoms with Crippen LogP contribution in [0.1, 0.15) is 167 Å². The van der Waals surface area contributed by atoms with E-state index in [1.54, 1.807) is 0 Å². The Morgan fingerprint density at radius 1 is 0.731 bits per heavy atom. The molecule has 2 fully saturated rings. The quantitative estimate of drug-likeness (QED) is 0.0389. The fourth-order valence-corrected chi connectivity index (χ4v) is 11.1. The van der Waals surface area contributed by atoms with Gasteiger partial charge in [0, 0.05) is 5.92 Å². The highest BCUT2D eigenvalue weighted by Crippen LogP contribution is 2.49. The van der Waals surface area contributed by atoms with E-state index in [1.807, 2.05) is 0 Å². The lowest BCUT2D eigenvalue weighted by atomic mass is 9.93. The van der Waals surface area contributed by atoms with Gasteiger partial charge in [-0.05, 0) is 68.1 Å². The van der Waals surface area contributed by atoms with Gasteiger partial charge >= 0.3 is 0 Å². The first-order valence-corrected chi connectivity index (χ1v) is 24.0. The molecular formula is C42H81FO8S.